The molecule has 2 amide bonds. The largest absolute Gasteiger partial charge is 0.390 e. The van der Waals surface area contributed by atoms with Crippen molar-refractivity contribution in [1.82, 2.24) is 10.6 Å². The van der Waals surface area contributed by atoms with Gasteiger partial charge in [-0.2, -0.15) is 0 Å². The molecule has 61 heavy (non-hydrogen) atoms. The Morgan fingerprint density at radius 2 is 0.918 bits per heavy atom. The van der Waals surface area contributed by atoms with Crippen LogP contribution >= 0.6 is 0 Å². The monoisotopic (exact) mass is 871 g/mol. The second-order valence-corrected chi connectivity index (χ2v) is 18.5. The number of amides is 2. The summed E-state index contributed by atoms with van der Waals surface area (Å²) in [7, 11) is 0. The second-order valence-electron chi connectivity index (χ2n) is 18.5. The van der Waals surface area contributed by atoms with Gasteiger partial charge in [0.25, 0.3) is 0 Å². The van der Waals surface area contributed by atoms with Crippen LogP contribution in [0.25, 0.3) is 0 Å². The first kappa shape index (κ1) is 57.7. The molecule has 1 heterocycles. The lowest BCUT2D eigenvalue weighted by Crippen LogP contribution is -2.61. The third-order valence-corrected chi connectivity index (χ3v) is 12.7. The smallest absolute Gasteiger partial charge is 0.220 e. The molecule has 0 radical (unpaired) electrons. The molecular weight excluding hydrogens is 773 g/mol. The number of rotatable bonds is 43. The quantitative estimate of drug-likeness (QED) is 0.0294. The molecule has 0 aromatic carbocycles. The van der Waals surface area contributed by atoms with E-state index < -0.39 is 49.0 Å². The van der Waals surface area contributed by atoms with Crippen LogP contribution in [0.1, 0.15) is 245 Å². The number of aliphatic hydroxyl groups excluding tert-OH is 5. The van der Waals surface area contributed by atoms with Gasteiger partial charge in [-0.15, -0.1) is 0 Å². The Balaban J connectivity index is 2.35. The Kier molecular flexibility index (Phi) is 38.0. The van der Waals surface area contributed by atoms with Gasteiger partial charge in [0.15, 0.2) is 6.29 Å². The Labute approximate surface area is 373 Å². The number of aliphatic hydroxyl groups is 5. The molecule has 0 saturated carbocycles. The fourth-order valence-electron chi connectivity index (χ4n) is 8.52. The Bertz CT molecular complexity index is 1010. The van der Waals surface area contributed by atoms with E-state index in [1.807, 2.05) is 0 Å². The number of carbonyl (C=O) groups is 2. The van der Waals surface area contributed by atoms with E-state index >= 15 is 0 Å². The van der Waals surface area contributed by atoms with Gasteiger partial charge in [0.1, 0.15) is 30.5 Å². The molecule has 0 aromatic rings. The zero-order valence-corrected chi connectivity index (χ0v) is 39.7. The van der Waals surface area contributed by atoms with Crippen molar-refractivity contribution in [1.29, 1.82) is 0 Å². The summed E-state index contributed by atoms with van der Waals surface area (Å²) in [5.41, 5.74) is 0. The number of hydrogen-bond acceptors (Lipinski definition) is 9. The summed E-state index contributed by atoms with van der Waals surface area (Å²) in [6.45, 7) is 5.40. The summed E-state index contributed by atoms with van der Waals surface area (Å²) < 4.78 is 11.5. The van der Waals surface area contributed by atoms with Gasteiger partial charge in [0.05, 0.1) is 18.8 Å². The third kappa shape index (κ3) is 31.2. The Morgan fingerprint density at radius 3 is 1.31 bits per heavy atom. The van der Waals surface area contributed by atoms with Gasteiger partial charge in [-0.3, -0.25) is 9.59 Å². The van der Waals surface area contributed by atoms with Crippen LogP contribution in [-0.2, 0) is 19.1 Å². The molecule has 1 aliphatic rings. The fourth-order valence-corrected chi connectivity index (χ4v) is 8.52. The van der Waals surface area contributed by atoms with E-state index in [-0.39, 0.29) is 31.4 Å². The summed E-state index contributed by atoms with van der Waals surface area (Å²) in [6, 6.07) is -0.997. The lowest BCUT2D eigenvalue weighted by Gasteiger charge is -2.41. The number of hydrogen-bond donors (Lipinski definition) is 7. The van der Waals surface area contributed by atoms with Gasteiger partial charge in [-0.1, -0.05) is 219 Å². The highest BCUT2D eigenvalue weighted by Gasteiger charge is 2.45. The molecule has 0 aliphatic carbocycles. The molecule has 0 unspecified atom stereocenters. The zero-order valence-electron chi connectivity index (χ0n) is 39.7. The van der Waals surface area contributed by atoms with E-state index in [0.29, 0.717) is 6.42 Å². The first-order valence-electron chi connectivity index (χ1n) is 25.8. The van der Waals surface area contributed by atoms with Crippen molar-refractivity contribution in [3.8, 4) is 0 Å². The lowest BCUT2D eigenvalue weighted by atomic mass is 9.98. The maximum Gasteiger partial charge on any atom is 0.220 e. The molecule has 0 aromatic heterocycles. The molecule has 0 spiro atoms. The topological polar surface area (TPSA) is 178 Å². The summed E-state index contributed by atoms with van der Waals surface area (Å²) in [4.78, 5) is 24.5. The van der Waals surface area contributed by atoms with Crippen LogP contribution in [0.3, 0.4) is 0 Å². The van der Waals surface area contributed by atoms with Crippen molar-refractivity contribution < 1.29 is 44.6 Å². The minimum absolute atomic E-state index is 0.111. The van der Waals surface area contributed by atoms with Crippen LogP contribution in [0.5, 0.6) is 0 Å². The summed E-state index contributed by atoms with van der Waals surface area (Å²) in [6.07, 6.45) is 32.7. The van der Waals surface area contributed by atoms with Crippen molar-refractivity contribution in [2.75, 3.05) is 13.2 Å². The maximum atomic E-state index is 13.1. The molecule has 362 valence electrons. The highest BCUT2D eigenvalue weighted by atomic mass is 16.7. The first-order valence-corrected chi connectivity index (χ1v) is 25.8. The van der Waals surface area contributed by atoms with E-state index in [9.17, 15) is 35.1 Å². The van der Waals surface area contributed by atoms with Gasteiger partial charge < -0.3 is 45.6 Å². The summed E-state index contributed by atoms with van der Waals surface area (Å²) in [5, 5.41) is 59.0. The number of nitrogens with one attached hydrogen (secondary N) is 2. The molecule has 0 bridgehead atoms. The number of unbranched alkanes of at least 4 members (excludes halogenated alkanes) is 31. The lowest BCUT2D eigenvalue weighted by molar-refractivity contribution is -0.297. The molecular formula is C50H98N2O9. The van der Waals surface area contributed by atoms with Crippen molar-refractivity contribution in [3.63, 3.8) is 0 Å². The molecule has 11 nitrogen and oxygen atoms in total. The molecule has 7 N–H and O–H groups in total. The number of carbonyl (C=O) groups excluding carboxylic acids is 2. The molecule has 1 aliphatic heterocycles. The van der Waals surface area contributed by atoms with Gasteiger partial charge >= 0.3 is 0 Å². The molecule has 8 atom stereocenters. The summed E-state index contributed by atoms with van der Waals surface area (Å²) >= 11 is 0. The van der Waals surface area contributed by atoms with Gasteiger partial charge in [0.2, 0.25) is 11.8 Å². The molecule has 1 fully saturated rings. The zero-order chi connectivity index (χ0) is 44.8. The predicted molar refractivity (Wildman–Crippen MR) is 248 cm³/mol. The van der Waals surface area contributed by atoms with Crippen LogP contribution in [-0.4, -0.2) is 99.5 Å². The normalized spacial score (nSPS) is 20.7. The van der Waals surface area contributed by atoms with Crippen molar-refractivity contribution in [3.05, 3.63) is 0 Å². The van der Waals surface area contributed by atoms with Crippen molar-refractivity contribution >= 4 is 11.8 Å². The van der Waals surface area contributed by atoms with Gasteiger partial charge in [-0.05, 0) is 12.8 Å². The average molecular weight is 871 g/mol. The number of ether oxygens (including phenoxy) is 2. The van der Waals surface area contributed by atoms with E-state index in [1.54, 1.807) is 0 Å². The van der Waals surface area contributed by atoms with E-state index in [0.717, 1.165) is 51.4 Å². The van der Waals surface area contributed by atoms with Gasteiger partial charge in [-0.25, -0.2) is 0 Å². The van der Waals surface area contributed by atoms with Crippen molar-refractivity contribution in [2.45, 2.75) is 294 Å². The van der Waals surface area contributed by atoms with E-state index in [1.165, 1.54) is 167 Å². The summed E-state index contributed by atoms with van der Waals surface area (Å²) in [5.74, 6) is -0.608. The minimum atomic E-state index is -1.61. The second kappa shape index (κ2) is 40.2. The third-order valence-electron chi connectivity index (χ3n) is 12.7. The standard InChI is InChI=1S/C50H98N2O9/c1-4-6-8-10-12-14-16-17-18-19-20-21-22-23-24-25-26-27-28-30-32-34-36-38-45(55)52-42(46(56)43(54)37-35-33-31-29-15-13-11-9-7-5-2)40-60-50-49(59)48(58)47(57)44(61-50)39-51-41(3)53/h42-44,46-50,54,56-59H,4-40H2,1-3H3,(H,51,53)(H,52,55)/t42-,43+,44+,46-,47-,48-,49+,50-/m0/s1. The van der Waals surface area contributed by atoms with Crippen molar-refractivity contribution in [2.24, 2.45) is 0 Å². The van der Waals surface area contributed by atoms with Crippen LogP contribution in [0.4, 0.5) is 0 Å². The van der Waals surface area contributed by atoms with Crippen LogP contribution in [0, 0.1) is 0 Å². The predicted octanol–water partition coefficient (Wildman–Crippen LogP) is 9.85. The molecule has 1 rings (SSSR count). The molecule has 1 saturated heterocycles. The highest BCUT2D eigenvalue weighted by Crippen LogP contribution is 2.23. The van der Waals surface area contributed by atoms with Gasteiger partial charge in [0, 0.05) is 19.9 Å². The van der Waals surface area contributed by atoms with Crippen LogP contribution in [0.2, 0.25) is 0 Å². The SMILES string of the molecule is CCCCCCCCCCCCCCCCCCCCCCCCCC(=O)N[C@@H](CO[C@H]1O[C@H](CNC(C)=O)[C@H](O)[C@H](O)[C@H]1O)[C@H](O)[C@H](O)CCCCCCCCCCCC. The van der Waals surface area contributed by atoms with Crippen LogP contribution in [0.15, 0.2) is 0 Å². The van der Waals surface area contributed by atoms with Crippen LogP contribution < -0.4 is 10.6 Å². The molecule has 11 heteroatoms. The average Bonchev–Trinajstić information content (AvgIpc) is 3.24. The first-order chi connectivity index (χ1) is 29.6. The maximum absolute atomic E-state index is 13.1. The highest BCUT2D eigenvalue weighted by molar-refractivity contribution is 5.76. The Hall–Kier alpha value is -1.34. The van der Waals surface area contributed by atoms with E-state index in [4.69, 9.17) is 9.47 Å². The fraction of sp³-hybridized carbons (Fsp3) is 0.960. The van der Waals surface area contributed by atoms with E-state index in [2.05, 4.69) is 24.5 Å². The minimum Gasteiger partial charge on any atom is -0.390 e. The Morgan fingerprint density at radius 1 is 0.541 bits per heavy atom.